The molecule has 0 unspecified atom stereocenters. The average Bonchev–Trinajstić information content (AvgIpc) is 3.23. The molecule has 1 N–H and O–H groups in total. The Bertz CT molecular complexity index is 1010. The van der Waals surface area contributed by atoms with Crippen molar-refractivity contribution in [3.63, 3.8) is 0 Å². The van der Waals surface area contributed by atoms with E-state index < -0.39 is 23.9 Å². The molecule has 2 heterocycles. The van der Waals surface area contributed by atoms with Crippen molar-refractivity contribution < 1.29 is 14.4 Å². The first kappa shape index (κ1) is 19.4. The van der Waals surface area contributed by atoms with Crippen molar-refractivity contribution in [3.8, 4) is 0 Å². The van der Waals surface area contributed by atoms with E-state index in [1.165, 1.54) is 5.01 Å². The highest BCUT2D eigenvalue weighted by atomic mass is 35.5. The highest BCUT2D eigenvalue weighted by Gasteiger charge is 2.55. The number of nitrogens with one attached hydrogen (secondary N) is 1. The van der Waals surface area contributed by atoms with E-state index in [2.05, 4.69) is 15.7 Å². The smallest absolute Gasteiger partial charge is 0.263 e. The molecule has 10 heteroatoms. The van der Waals surface area contributed by atoms with E-state index in [1.807, 2.05) is 24.5 Å². The molecule has 0 radical (unpaired) electrons. The van der Waals surface area contributed by atoms with Crippen LogP contribution in [-0.2, 0) is 14.4 Å². The van der Waals surface area contributed by atoms with Gasteiger partial charge in [0, 0.05) is 15.6 Å². The summed E-state index contributed by atoms with van der Waals surface area (Å²) >= 11 is 7.44. The van der Waals surface area contributed by atoms with Gasteiger partial charge >= 0.3 is 0 Å². The van der Waals surface area contributed by atoms with E-state index in [0.717, 1.165) is 9.80 Å². The Kier molecular flexibility index (Phi) is 5.25. The first-order valence-corrected chi connectivity index (χ1v) is 10.3. The SMILES string of the molecule is CSc1cccc(NC(=O)CN2N=N[C@H]3C(=O)N(c4ccc(Cl)cc4)C(=O)[C@H]32)c1. The fourth-order valence-corrected chi connectivity index (χ4v) is 3.83. The zero-order valence-corrected chi connectivity index (χ0v) is 16.9. The monoisotopic (exact) mass is 429 g/mol. The van der Waals surface area contributed by atoms with Crippen LogP contribution in [-0.4, -0.2) is 47.6 Å². The summed E-state index contributed by atoms with van der Waals surface area (Å²) in [6.07, 6.45) is 1.95. The number of thioether (sulfide) groups is 1. The molecule has 2 aliphatic rings. The van der Waals surface area contributed by atoms with Crippen LogP contribution in [0.25, 0.3) is 0 Å². The van der Waals surface area contributed by atoms with Gasteiger partial charge in [-0.3, -0.25) is 19.4 Å². The van der Waals surface area contributed by atoms with E-state index in [1.54, 1.807) is 42.1 Å². The predicted octanol–water partition coefficient (Wildman–Crippen LogP) is 2.99. The molecule has 1 saturated heterocycles. The maximum atomic E-state index is 12.9. The van der Waals surface area contributed by atoms with E-state index in [4.69, 9.17) is 11.6 Å². The molecule has 0 bridgehead atoms. The molecule has 0 aliphatic carbocycles. The average molecular weight is 430 g/mol. The van der Waals surface area contributed by atoms with Gasteiger partial charge < -0.3 is 5.32 Å². The Balaban J connectivity index is 1.47. The summed E-state index contributed by atoms with van der Waals surface area (Å²) in [5, 5.41) is 12.3. The van der Waals surface area contributed by atoms with Crippen LogP contribution in [0.4, 0.5) is 11.4 Å². The summed E-state index contributed by atoms with van der Waals surface area (Å²) in [6.45, 7) is -0.193. The van der Waals surface area contributed by atoms with Gasteiger partial charge in [-0.1, -0.05) is 22.9 Å². The van der Waals surface area contributed by atoms with Crippen LogP contribution >= 0.6 is 23.4 Å². The third-order valence-electron chi connectivity index (χ3n) is 4.60. The van der Waals surface area contributed by atoms with E-state index >= 15 is 0 Å². The van der Waals surface area contributed by atoms with Crippen molar-refractivity contribution in [2.45, 2.75) is 17.0 Å². The Morgan fingerprint density at radius 2 is 1.93 bits per heavy atom. The molecule has 2 aromatic rings. The van der Waals surface area contributed by atoms with Crippen molar-refractivity contribution in [2.24, 2.45) is 10.3 Å². The Morgan fingerprint density at radius 3 is 2.66 bits per heavy atom. The first-order valence-electron chi connectivity index (χ1n) is 8.72. The summed E-state index contributed by atoms with van der Waals surface area (Å²) in [4.78, 5) is 40.1. The molecule has 1 fully saturated rings. The number of halogens is 1. The van der Waals surface area contributed by atoms with Crippen molar-refractivity contribution in [1.82, 2.24) is 5.01 Å². The van der Waals surface area contributed by atoms with Gasteiger partial charge in [-0.15, -0.1) is 11.8 Å². The lowest BCUT2D eigenvalue weighted by Gasteiger charge is -2.20. The Morgan fingerprint density at radius 1 is 1.17 bits per heavy atom. The minimum absolute atomic E-state index is 0.193. The van der Waals surface area contributed by atoms with E-state index in [-0.39, 0.29) is 12.5 Å². The summed E-state index contributed by atoms with van der Waals surface area (Å²) in [5.41, 5.74) is 1.05. The molecule has 0 spiro atoms. The van der Waals surface area contributed by atoms with Gasteiger partial charge in [0.15, 0.2) is 12.1 Å². The maximum absolute atomic E-state index is 12.9. The standard InChI is InChI=1S/C19H16ClN5O3S/c1-29-14-4-2-3-12(9-14)21-15(26)10-24-17-16(22-23-24)18(27)25(19(17)28)13-7-5-11(20)6-8-13/h2-9,16-17H,10H2,1H3,(H,21,26)/t16-,17+/m1/s1. The second-order valence-corrected chi connectivity index (χ2v) is 7.78. The van der Waals surface area contributed by atoms with Crippen LogP contribution in [0.15, 0.2) is 63.8 Å². The third kappa shape index (κ3) is 3.70. The normalized spacial score (nSPS) is 20.3. The number of nitrogens with zero attached hydrogens (tertiary/aromatic N) is 4. The van der Waals surface area contributed by atoms with Crippen molar-refractivity contribution in [3.05, 3.63) is 53.6 Å². The summed E-state index contributed by atoms with van der Waals surface area (Å²) in [7, 11) is 0. The molecule has 2 atom stereocenters. The summed E-state index contributed by atoms with van der Waals surface area (Å²) in [5.74, 6) is -1.29. The van der Waals surface area contributed by atoms with Gasteiger partial charge in [-0.05, 0) is 48.7 Å². The van der Waals surface area contributed by atoms with Gasteiger partial charge in [-0.2, -0.15) is 5.11 Å². The lowest BCUT2D eigenvalue weighted by molar-refractivity contribution is -0.123. The van der Waals surface area contributed by atoms with Crippen molar-refractivity contribution >= 4 is 52.5 Å². The largest absolute Gasteiger partial charge is 0.324 e. The molecule has 4 rings (SSSR count). The lowest BCUT2D eigenvalue weighted by Crippen LogP contribution is -2.43. The third-order valence-corrected chi connectivity index (χ3v) is 5.58. The second kappa shape index (κ2) is 7.84. The number of hydrogen-bond donors (Lipinski definition) is 1. The van der Waals surface area contributed by atoms with Gasteiger partial charge in [0.05, 0.1) is 5.69 Å². The molecule has 29 heavy (non-hydrogen) atoms. The summed E-state index contributed by atoms with van der Waals surface area (Å²) in [6, 6.07) is 11.9. The number of anilines is 2. The van der Waals surface area contributed by atoms with Gasteiger partial charge in [0.1, 0.15) is 6.54 Å². The maximum Gasteiger partial charge on any atom is 0.263 e. The zero-order chi connectivity index (χ0) is 20.5. The van der Waals surface area contributed by atoms with Crippen LogP contribution in [0.5, 0.6) is 0 Å². The second-order valence-electron chi connectivity index (χ2n) is 6.46. The molecule has 2 aliphatic heterocycles. The summed E-state index contributed by atoms with van der Waals surface area (Å²) < 4.78 is 0. The molecular formula is C19H16ClN5O3S. The minimum Gasteiger partial charge on any atom is -0.324 e. The Labute approximate surface area is 175 Å². The topological polar surface area (TPSA) is 94.4 Å². The number of carbonyl (C=O) groups is 3. The Hall–Kier alpha value is -2.91. The highest BCUT2D eigenvalue weighted by Crippen LogP contribution is 2.32. The number of fused-ring (bicyclic) bond motifs is 1. The van der Waals surface area contributed by atoms with Crippen LogP contribution in [0.2, 0.25) is 5.02 Å². The number of amides is 3. The fraction of sp³-hybridized carbons (Fsp3) is 0.211. The van der Waals surface area contributed by atoms with Crippen molar-refractivity contribution in [1.29, 1.82) is 0 Å². The number of carbonyl (C=O) groups excluding carboxylic acids is 3. The van der Waals surface area contributed by atoms with E-state index in [9.17, 15) is 14.4 Å². The number of imide groups is 1. The molecule has 3 amide bonds. The molecule has 148 valence electrons. The predicted molar refractivity (Wildman–Crippen MR) is 110 cm³/mol. The number of rotatable bonds is 5. The van der Waals surface area contributed by atoms with Gasteiger partial charge in [-0.25, -0.2) is 4.90 Å². The number of benzene rings is 2. The molecule has 8 nitrogen and oxygen atoms in total. The van der Waals surface area contributed by atoms with E-state index in [0.29, 0.717) is 16.4 Å². The van der Waals surface area contributed by atoms with Crippen LogP contribution in [0.3, 0.4) is 0 Å². The van der Waals surface area contributed by atoms with Crippen LogP contribution in [0.1, 0.15) is 0 Å². The quantitative estimate of drug-likeness (QED) is 0.582. The molecule has 0 saturated carbocycles. The zero-order valence-electron chi connectivity index (χ0n) is 15.3. The van der Waals surface area contributed by atoms with Crippen LogP contribution < -0.4 is 10.2 Å². The van der Waals surface area contributed by atoms with Gasteiger partial charge in [0.2, 0.25) is 5.91 Å². The fourth-order valence-electron chi connectivity index (χ4n) is 3.25. The lowest BCUT2D eigenvalue weighted by atomic mass is 10.1. The molecule has 2 aromatic carbocycles. The minimum atomic E-state index is -0.953. The molecule has 0 aromatic heterocycles. The number of hydrogen-bond acceptors (Lipinski definition) is 7. The van der Waals surface area contributed by atoms with Crippen molar-refractivity contribution in [2.75, 3.05) is 23.0 Å². The molecular weight excluding hydrogens is 414 g/mol. The van der Waals surface area contributed by atoms with Crippen LogP contribution in [0, 0.1) is 0 Å². The first-order chi connectivity index (χ1) is 14.0. The highest BCUT2D eigenvalue weighted by molar-refractivity contribution is 7.98. The van der Waals surface area contributed by atoms with Gasteiger partial charge in [0.25, 0.3) is 11.8 Å².